The van der Waals surface area contributed by atoms with Crippen LogP contribution in [0.3, 0.4) is 0 Å². The van der Waals surface area contributed by atoms with E-state index < -0.39 is 0 Å². The van der Waals surface area contributed by atoms with E-state index in [1.54, 1.807) is 12.4 Å². The molecule has 1 aliphatic carbocycles. The largest absolute Gasteiger partial charge is 0.369 e. The van der Waals surface area contributed by atoms with Gasteiger partial charge in [0.05, 0.1) is 0 Å². The molecule has 0 saturated carbocycles. The van der Waals surface area contributed by atoms with Crippen LogP contribution < -0.4 is 5.32 Å². The molecule has 30 heavy (non-hydrogen) atoms. The Kier molecular flexibility index (Phi) is 5.11. The average Bonchev–Trinajstić information content (AvgIpc) is 3.44. The molecule has 5 rings (SSSR count). The van der Waals surface area contributed by atoms with Crippen LogP contribution in [0, 0.1) is 0 Å². The lowest BCUT2D eigenvalue weighted by atomic mass is 10.2. The Hall–Kier alpha value is -3.32. The number of hydrogen-bond acceptors (Lipinski definition) is 7. The van der Waals surface area contributed by atoms with Crippen LogP contribution in [0.2, 0.25) is 5.02 Å². The molecule has 3 heterocycles. The highest BCUT2D eigenvalue weighted by Gasteiger charge is 2.20. The van der Waals surface area contributed by atoms with E-state index in [-0.39, 0.29) is 0 Å². The van der Waals surface area contributed by atoms with Gasteiger partial charge in [0.1, 0.15) is 5.82 Å². The fourth-order valence-corrected chi connectivity index (χ4v) is 3.70. The predicted molar refractivity (Wildman–Crippen MR) is 114 cm³/mol. The zero-order chi connectivity index (χ0) is 20.3. The monoisotopic (exact) mass is 418 g/mol. The second-order valence-corrected chi connectivity index (χ2v) is 7.54. The van der Waals surface area contributed by atoms with Crippen LogP contribution in [0.5, 0.6) is 0 Å². The Bertz CT molecular complexity index is 1160. The summed E-state index contributed by atoms with van der Waals surface area (Å²) >= 11 is 5.94. The van der Waals surface area contributed by atoms with E-state index in [0.717, 1.165) is 47.7 Å². The fraction of sp³-hybridized carbons (Fsp3) is 0.227. The smallest absolute Gasteiger partial charge is 0.228 e. The summed E-state index contributed by atoms with van der Waals surface area (Å²) < 4.78 is 5.40. The van der Waals surface area contributed by atoms with E-state index in [0.29, 0.717) is 29.7 Å². The van der Waals surface area contributed by atoms with E-state index >= 15 is 0 Å². The summed E-state index contributed by atoms with van der Waals surface area (Å²) in [4.78, 5) is 18.1. The van der Waals surface area contributed by atoms with E-state index in [4.69, 9.17) is 26.1 Å². The number of nitrogens with one attached hydrogen (secondary N) is 1. The predicted octanol–water partition coefficient (Wildman–Crippen LogP) is 4.39. The minimum atomic E-state index is 0.560. The Morgan fingerprint density at radius 1 is 0.900 bits per heavy atom. The third-order valence-corrected chi connectivity index (χ3v) is 5.33. The van der Waals surface area contributed by atoms with Gasteiger partial charge >= 0.3 is 0 Å². The molecule has 1 aliphatic rings. The first kappa shape index (κ1) is 18.7. The van der Waals surface area contributed by atoms with Crippen molar-refractivity contribution >= 4 is 17.4 Å². The van der Waals surface area contributed by atoms with Gasteiger partial charge in [0.25, 0.3) is 0 Å². The number of aryl methyl sites for hydroxylation is 1. The fourth-order valence-electron chi connectivity index (χ4n) is 3.57. The van der Waals surface area contributed by atoms with Crippen LogP contribution in [-0.4, -0.2) is 31.6 Å². The third kappa shape index (κ3) is 3.89. The summed E-state index contributed by atoms with van der Waals surface area (Å²) in [6.07, 6.45) is 7.20. The Morgan fingerprint density at radius 3 is 2.53 bits per heavy atom. The van der Waals surface area contributed by atoms with Crippen molar-refractivity contribution in [2.45, 2.75) is 25.7 Å². The van der Waals surface area contributed by atoms with E-state index in [2.05, 4.69) is 20.4 Å². The summed E-state index contributed by atoms with van der Waals surface area (Å²) in [5, 5.41) is 8.19. The Labute approximate surface area is 178 Å². The molecule has 0 amide bonds. The second kappa shape index (κ2) is 8.20. The molecule has 4 aromatic rings. The van der Waals surface area contributed by atoms with Gasteiger partial charge < -0.3 is 9.84 Å². The van der Waals surface area contributed by atoms with Crippen LogP contribution in [0.25, 0.3) is 22.8 Å². The highest BCUT2D eigenvalue weighted by atomic mass is 35.5. The molecule has 1 N–H and O–H groups in total. The van der Waals surface area contributed by atoms with Crippen molar-refractivity contribution in [1.29, 1.82) is 0 Å². The molecule has 150 valence electrons. The molecule has 7 nitrogen and oxygen atoms in total. The lowest BCUT2D eigenvalue weighted by molar-refractivity contribution is 0.381. The highest BCUT2D eigenvalue weighted by Crippen LogP contribution is 2.29. The van der Waals surface area contributed by atoms with E-state index in [1.165, 1.54) is 5.56 Å². The maximum absolute atomic E-state index is 5.94. The summed E-state index contributed by atoms with van der Waals surface area (Å²) in [6.45, 7) is 0.640. The molecule has 0 aliphatic heterocycles. The maximum atomic E-state index is 5.94. The number of anilines is 1. The molecular formula is C22H19ClN6O. The quantitative estimate of drug-likeness (QED) is 0.496. The first-order valence-corrected chi connectivity index (χ1v) is 10.3. The van der Waals surface area contributed by atoms with Crippen molar-refractivity contribution in [3.63, 3.8) is 0 Å². The number of fused-ring (bicyclic) bond motifs is 1. The van der Waals surface area contributed by atoms with Crippen LogP contribution >= 0.6 is 11.6 Å². The summed E-state index contributed by atoms with van der Waals surface area (Å²) in [5.41, 5.74) is 4.17. The first-order valence-electron chi connectivity index (χ1n) is 9.89. The van der Waals surface area contributed by atoms with Gasteiger partial charge in [-0.05, 0) is 55.7 Å². The van der Waals surface area contributed by atoms with Crippen molar-refractivity contribution in [3.05, 3.63) is 71.0 Å². The van der Waals surface area contributed by atoms with Gasteiger partial charge in [0.15, 0.2) is 5.82 Å². The molecule has 1 aromatic carbocycles. The van der Waals surface area contributed by atoms with Crippen LogP contribution in [0.15, 0.2) is 53.3 Å². The summed E-state index contributed by atoms with van der Waals surface area (Å²) in [7, 11) is 0. The van der Waals surface area contributed by atoms with Gasteiger partial charge in [-0.25, -0.2) is 9.97 Å². The molecule has 0 bridgehead atoms. The minimum absolute atomic E-state index is 0.560. The molecule has 0 saturated heterocycles. The number of aromatic nitrogens is 5. The summed E-state index contributed by atoms with van der Waals surface area (Å²) in [6, 6.07) is 11.2. The van der Waals surface area contributed by atoms with Gasteiger partial charge in [0.2, 0.25) is 11.7 Å². The zero-order valence-electron chi connectivity index (χ0n) is 16.2. The maximum Gasteiger partial charge on any atom is 0.228 e. The normalized spacial score (nSPS) is 12.7. The van der Waals surface area contributed by atoms with Gasteiger partial charge in [-0.1, -0.05) is 16.8 Å². The SMILES string of the molecule is Clc1ccc(-c2noc(CCNc3nc(-c4ccncc4)nc4c3CCC4)n2)cc1. The van der Waals surface area contributed by atoms with Crippen LogP contribution in [-0.2, 0) is 19.3 Å². The van der Waals surface area contributed by atoms with Crippen molar-refractivity contribution in [2.75, 3.05) is 11.9 Å². The lowest BCUT2D eigenvalue weighted by Crippen LogP contribution is -2.10. The van der Waals surface area contributed by atoms with Crippen molar-refractivity contribution < 1.29 is 4.52 Å². The van der Waals surface area contributed by atoms with E-state index in [1.807, 2.05) is 36.4 Å². The van der Waals surface area contributed by atoms with Crippen molar-refractivity contribution in [1.82, 2.24) is 25.1 Å². The van der Waals surface area contributed by atoms with E-state index in [9.17, 15) is 0 Å². The molecule has 0 atom stereocenters. The number of nitrogens with zero attached hydrogens (tertiary/aromatic N) is 5. The number of hydrogen-bond donors (Lipinski definition) is 1. The number of halogens is 1. The lowest BCUT2D eigenvalue weighted by Gasteiger charge is -2.11. The Balaban J connectivity index is 1.30. The second-order valence-electron chi connectivity index (χ2n) is 7.11. The standard InChI is InChI=1S/C22H19ClN6O/c23-16-6-4-14(5-7-16)21-27-19(30-29-21)10-13-25-22-17-2-1-3-18(17)26-20(28-22)15-8-11-24-12-9-15/h4-9,11-12H,1-3,10,13H2,(H,25,26,28). The first-order chi connectivity index (χ1) is 14.8. The molecule has 0 spiro atoms. The Morgan fingerprint density at radius 2 is 1.70 bits per heavy atom. The molecule has 0 fully saturated rings. The van der Waals surface area contributed by atoms with Gasteiger partial charge in [0, 0.05) is 52.8 Å². The van der Waals surface area contributed by atoms with Crippen molar-refractivity contribution in [3.8, 4) is 22.8 Å². The number of pyridine rings is 1. The van der Waals surface area contributed by atoms with Crippen LogP contribution in [0.1, 0.15) is 23.6 Å². The minimum Gasteiger partial charge on any atom is -0.369 e. The molecule has 8 heteroatoms. The molecule has 0 radical (unpaired) electrons. The van der Waals surface area contributed by atoms with Gasteiger partial charge in [-0.2, -0.15) is 4.98 Å². The van der Waals surface area contributed by atoms with Crippen LogP contribution in [0.4, 0.5) is 5.82 Å². The number of rotatable bonds is 6. The molecular weight excluding hydrogens is 400 g/mol. The zero-order valence-corrected chi connectivity index (χ0v) is 16.9. The molecule has 0 unspecified atom stereocenters. The summed E-state index contributed by atoms with van der Waals surface area (Å²) in [5.74, 6) is 2.75. The topological polar surface area (TPSA) is 89.6 Å². The number of benzene rings is 1. The van der Waals surface area contributed by atoms with Gasteiger partial charge in [-0.3, -0.25) is 4.98 Å². The molecule has 3 aromatic heterocycles. The highest BCUT2D eigenvalue weighted by molar-refractivity contribution is 6.30. The average molecular weight is 419 g/mol. The van der Waals surface area contributed by atoms with Crippen molar-refractivity contribution in [2.24, 2.45) is 0 Å². The third-order valence-electron chi connectivity index (χ3n) is 5.07. The van der Waals surface area contributed by atoms with Gasteiger partial charge in [-0.15, -0.1) is 0 Å².